The number of carbonyl (C=O) groups excluding carboxylic acids is 1. The minimum Gasteiger partial charge on any atom is -0.330 e. The van der Waals surface area contributed by atoms with Crippen molar-refractivity contribution in [2.45, 2.75) is 20.3 Å². The van der Waals surface area contributed by atoms with E-state index in [0.29, 0.717) is 18.5 Å². The van der Waals surface area contributed by atoms with Crippen molar-refractivity contribution in [1.29, 1.82) is 0 Å². The highest BCUT2D eigenvalue weighted by molar-refractivity contribution is 5.95. The first-order chi connectivity index (χ1) is 6.63. The van der Waals surface area contributed by atoms with Crippen molar-refractivity contribution >= 4 is 5.78 Å². The van der Waals surface area contributed by atoms with Crippen LogP contribution >= 0.6 is 0 Å². The summed E-state index contributed by atoms with van der Waals surface area (Å²) in [6, 6.07) is 3.66. The summed E-state index contributed by atoms with van der Waals surface area (Å²) in [5.74, 6) is 0.360. The zero-order valence-corrected chi connectivity index (χ0v) is 8.66. The molecule has 0 radical (unpaired) electrons. The molecule has 0 aliphatic heterocycles. The van der Waals surface area contributed by atoms with E-state index in [1.165, 1.54) is 0 Å². The van der Waals surface area contributed by atoms with Gasteiger partial charge in [-0.15, -0.1) is 0 Å². The van der Waals surface area contributed by atoms with Gasteiger partial charge in [-0.1, -0.05) is 6.92 Å². The number of pyridine rings is 1. The molecule has 2 N–H and O–H groups in total. The molecule has 1 atom stereocenters. The average Bonchev–Trinajstić information content (AvgIpc) is 2.18. The number of ketones is 1. The Morgan fingerprint density at radius 2 is 2.29 bits per heavy atom. The van der Waals surface area contributed by atoms with Gasteiger partial charge in [-0.25, -0.2) is 0 Å². The number of carbonyl (C=O) groups is 1. The molecule has 0 aliphatic rings. The van der Waals surface area contributed by atoms with Crippen LogP contribution in [0.5, 0.6) is 0 Å². The number of aryl methyl sites for hydroxylation is 1. The Hall–Kier alpha value is -1.22. The zero-order chi connectivity index (χ0) is 10.6. The van der Waals surface area contributed by atoms with E-state index < -0.39 is 0 Å². The van der Waals surface area contributed by atoms with Gasteiger partial charge in [0.05, 0.1) is 0 Å². The Morgan fingerprint density at radius 1 is 1.57 bits per heavy atom. The highest BCUT2D eigenvalue weighted by atomic mass is 16.1. The summed E-state index contributed by atoms with van der Waals surface area (Å²) in [5, 5.41) is 0. The summed E-state index contributed by atoms with van der Waals surface area (Å²) in [7, 11) is 0. The first-order valence-electron chi connectivity index (χ1n) is 4.79. The molecule has 76 valence electrons. The smallest absolute Gasteiger partial charge is 0.164 e. The van der Waals surface area contributed by atoms with Crippen molar-refractivity contribution in [2.75, 3.05) is 6.54 Å². The molecule has 3 nitrogen and oxygen atoms in total. The molecule has 1 unspecified atom stereocenters. The largest absolute Gasteiger partial charge is 0.330 e. The summed E-state index contributed by atoms with van der Waals surface area (Å²) in [6.45, 7) is 4.42. The molecule has 0 aliphatic carbocycles. The van der Waals surface area contributed by atoms with Crippen molar-refractivity contribution < 1.29 is 4.79 Å². The van der Waals surface area contributed by atoms with Crippen LogP contribution < -0.4 is 5.73 Å². The Balaban J connectivity index is 2.65. The standard InChI is InChI=1S/C11H16N2O/c1-8(6-12)5-11(14)10-4-3-9(2)13-7-10/h3-4,7-8H,5-6,12H2,1-2H3. The van der Waals surface area contributed by atoms with Crippen LogP contribution in [0.2, 0.25) is 0 Å². The van der Waals surface area contributed by atoms with E-state index in [1.807, 2.05) is 26.0 Å². The molecule has 1 aromatic heterocycles. The van der Waals surface area contributed by atoms with Crippen molar-refractivity contribution in [3.63, 3.8) is 0 Å². The Bertz CT molecular complexity index is 306. The third-order valence-electron chi connectivity index (χ3n) is 2.17. The molecule has 0 fully saturated rings. The quantitative estimate of drug-likeness (QED) is 0.736. The fourth-order valence-corrected chi connectivity index (χ4v) is 1.15. The summed E-state index contributed by atoms with van der Waals surface area (Å²) in [4.78, 5) is 15.7. The van der Waals surface area contributed by atoms with E-state index in [2.05, 4.69) is 4.98 Å². The minimum absolute atomic E-state index is 0.121. The maximum Gasteiger partial charge on any atom is 0.164 e. The average molecular weight is 192 g/mol. The first-order valence-corrected chi connectivity index (χ1v) is 4.79. The van der Waals surface area contributed by atoms with Gasteiger partial charge in [0.25, 0.3) is 0 Å². The van der Waals surface area contributed by atoms with Gasteiger partial charge in [-0.3, -0.25) is 9.78 Å². The van der Waals surface area contributed by atoms with Gasteiger partial charge >= 0.3 is 0 Å². The Morgan fingerprint density at radius 3 is 2.79 bits per heavy atom. The van der Waals surface area contributed by atoms with Gasteiger partial charge in [-0.05, 0) is 31.5 Å². The van der Waals surface area contributed by atoms with Gasteiger partial charge in [0.15, 0.2) is 5.78 Å². The third kappa shape index (κ3) is 2.92. The highest BCUT2D eigenvalue weighted by Gasteiger charge is 2.09. The van der Waals surface area contributed by atoms with E-state index in [-0.39, 0.29) is 11.7 Å². The maximum absolute atomic E-state index is 11.6. The van der Waals surface area contributed by atoms with Gasteiger partial charge in [0.1, 0.15) is 0 Å². The van der Waals surface area contributed by atoms with E-state index in [9.17, 15) is 4.79 Å². The van der Waals surface area contributed by atoms with E-state index >= 15 is 0 Å². The van der Waals surface area contributed by atoms with Crippen LogP contribution in [0.25, 0.3) is 0 Å². The molecule has 0 saturated carbocycles. The third-order valence-corrected chi connectivity index (χ3v) is 2.17. The second-order valence-corrected chi connectivity index (χ2v) is 3.66. The summed E-state index contributed by atoms with van der Waals surface area (Å²) < 4.78 is 0. The van der Waals surface area contributed by atoms with E-state index in [4.69, 9.17) is 5.73 Å². The second-order valence-electron chi connectivity index (χ2n) is 3.66. The van der Waals surface area contributed by atoms with Gasteiger partial charge in [0, 0.05) is 23.9 Å². The van der Waals surface area contributed by atoms with Crippen LogP contribution in [0.4, 0.5) is 0 Å². The Labute approximate surface area is 84.3 Å². The van der Waals surface area contributed by atoms with Gasteiger partial charge in [0.2, 0.25) is 0 Å². The number of hydrogen-bond acceptors (Lipinski definition) is 3. The van der Waals surface area contributed by atoms with Crippen molar-refractivity contribution in [1.82, 2.24) is 4.98 Å². The number of Topliss-reactive ketones (excluding diaryl/α,β-unsaturated/α-hetero) is 1. The normalized spacial score (nSPS) is 12.5. The highest BCUT2D eigenvalue weighted by Crippen LogP contribution is 2.08. The molecule has 0 bridgehead atoms. The van der Waals surface area contributed by atoms with Crippen LogP contribution in [0.1, 0.15) is 29.4 Å². The maximum atomic E-state index is 11.6. The van der Waals surface area contributed by atoms with Crippen LogP contribution in [0, 0.1) is 12.8 Å². The Kier molecular flexibility index (Phi) is 3.77. The second kappa shape index (κ2) is 4.86. The lowest BCUT2D eigenvalue weighted by atomic mass is 10.0. The molecule has 0 aromatic carbocycles. The molecule has 3 heteroatoms. The monoisotopic (exact) mass is 192 g/mol. The fraction of sp³-hybridized carbons (Fsp3) is 0.455. The number of nitrogens with two attached hydrogens (primary N) is 1. The molecular formula is C11H16N2O. The lowest BCUT2D eigenvalue weighted by molar-refractivity contribution is 0.0965. The molecule has 0 amide bonds. The summed E-state index contributed by atoms with van der Waals surface area (Å²) in [5.41, 5.74) is 7.06. The van der Waals surface area contributed by atoms with E-state index in [1.54, 1.807) is 6.20 Å². The van der Waals surface area contributed by atoms with Crippen molar-refractivity contribution in [3.05, 3.63) is 29.6 Å². The zero-order valence-electron chi connectivity index (χ0n) is 8.66. The molecule has 1 rings (SSSR count). The van der Waals surface area contributed by atoms with Crippen LogP contribution in [0.15, 0.2) is 18.3 Å². The SMILES string of the molecule is Cc1ccc(C(=O)CC(C)CN)cn1. The first kappa shape index (κ1) is 10.9. The fourth-order valence-electron chi connectivity index (χ4n) is 1.15. The number of aromatic nitrogens is 1. The number of rotatable bonds is 4. The lowest BCUT2D eigenvalue weighted by Crippen LogP contribution is -2.15. The molecule has 0 spiro atoms. The van der Waals surface area contributed by atoms with Crippen LogP contribution in [0.3, 0.4) is 0 Å². The molecule has 1 aromatic rings. The van der Waals surface area contributed by atoms with Crippen LogP contribution in [-0.2, 0) is 0 Å². The topological polar surface area (TPSA) is 56.0 Å². The van der Waals surface area contributed by atoms with Gasteiger partial charge < -0.3 is 5.73 Å². The molecule has 0 saturated heterocycles. The lowest BCUT2D eigenvalue weighted by Gasteiger charge is -2.06. The predicted octanol–water partition coefficient (Wildman–Crippen LogP) is 1.56. The molecule has 14 heavy (non-hydrogen) atoms. The molecular weight excluding hydrogens is 176 g/mol. The van der Waals surface area contributed by atoms with Crippen LogP contribution in [-0.4, -0.2) is 17.3 Å². The van der Waals surface area contributed by atoms with Crippen molar-refractivity contribution in [3.8, 4) is 0 Å². The summed E-state index contributed by atoms with van der Waals surface area (Å²) >= 11 is 0. The van der Waals surface area contributed by atoms with Gasteiger partial charge in [-0.2, -0.15) is 0 Å². The van der Waals surface area contributed by atoms with Crippen molar-refractivity contribution in [2.24, 2.45) is 11.7 Å². The number of nitrogens with zero attached hydrogens (tertiary/aromatic N) is 1. The predicted molar refractivity (Wildman–Crippen MR) is 56.1 cm³/mol. The number of hydrogen-bond donors (Lipinski definition) is 1. The minimum atomic E-state index is 0.121. The van der Waals surface area contributed by atoms with E-state index in [0.717, 1.165) is 5.69 Å². The summed E-state index contributed by atoms with van der Waals surface area (Å²) in [6.07, 6.45) is 2.13. The molecule has 1 heterocycles.